The van der Waals surface area contributed by atoms with E-state index in [2.05, 4.69) is 42.3 Å². The van der Waals surface area contributed by atoms with Gasteiger partial charge in [-0.25, -0.2) is 9.97 Å². The smallest absolute Gasteiger partial charge is 0.127 e. The summed E-state index contributed by atoms with van der Waals surface area (Å²) in [6, 6.07) is 5.69. The lowest BCUT2D eigenvalue weighted by Gasteiger charge is -2.06. The van der Waals surface area contributed by atoms with Crippen LogP contribution in [0.2, 0.25) is 0 Å². The Balaban J connectivity index is 1.93. The van der Waals surface area contributed by atoms with Gasteiger partial charge in [-0.2, -0.15) is 5.26 Å². The Bertz CT molecular complexity index is 584. The van der Waals surface area contributed by atoms with Crippen LogP contribution in [-0.4, -0.2) is 21.5 Å². The van der Waals surface area contributed by atoms with Crippen LogP contribution in [0, 0.1) is 18.3 Å². The molecule has 0 unspecified atom stereocenters. The highest BCUT2D eigenvalue weighted by Crippen LogP contribution is 2.12. The Hall–Kier alpha value is -1.87. The average Bonchev–Trinajstić information content (AvgIpc) is 2.75. The van der Waals surface area contributed by atoms with Gasteiger partial charge >= 0.3 is 0 Å². The van der Waals surface area contributed by atoms with E-state index in [-0.39, 0.29) is 0 Å². The fourth-order valence-electron chi connectivity index (χ4n) is 1.57. The first-order valence-corrected chi connectivity index (χ1v) is 6.29. The molecular weight excluding hydrogens is 294 g/mol. The summed E-state index contributed by atoms with van der Waals surface area (Å²) in [6.45, 7) is 2.58. The van der Waals surface area contributed by atoms with Crippen LogP contribution in [0.15, 0.2) is 23.1 Å². The molecule has 0 radical (unpaired) electrons. The maximum absolute atomic E-state index is 8.81. The van der Waals surface area contributed by atoms with Crippen molar-refractivity contribution in [3.05, 3.63) is 40.0 Å². The highest BCUT2D eigenvalue weighted by molar-refractivity contribution is 9.10. The van der Waals surface area contributed by atoms with E-state index < -0.39 is 0 Å². The molecule has 0 atom stereocenters. The normalized spacial score (nSPS) is 10.1. The van der Waals surface area contributed by atoms with Crippen molar-refractivity contribution in [1.29, 1.82) is 5.26 Å². The summed E-state index contributed by atoms with van der Waals surface area (Å²) >= 11 is 3.36. The number of H-pyrrole nitrogens is 1. The van der Waals surface area contributed by atoms with Crippen LogP contribution in [0.25, 0.3) is 0 Å². The van der Waals surface area contributed by atoms with Crippen molar-refractivity contribution in [1.82, 2.24) is 15.0 Å². The Morgan fingerprint density at radius 1 is 1.50 bits per heavy atom. The molecule has 2 aromatic rings. The molecule has 2 rings (SSSR count). The van der Waals surface area contributed by atoms with Gasteiger partial charge in [0.1, 0.15) is 16.5 Å². The van der Waals surface area contributed by atoms with Crippen LogP contribution in [0.1, 0.15) is 17.0 Å². The second-order valence-corrected chi connectivity index (χ2v) is 4.54. The van der Waals surface area contributed by atoms with Crippen LogP contribution in [0.5, 0.6) is 0 Å². The summed E-state index contributed by atoms with van der Waals surface area (Å²) in [5.74, 6) is 0.780. The number of nitrogens with one attached hydrogen (secondary N) is 2. The molecule has 2 aromatic heterocycles. The molecule has 0 aliphatic rings. The van der Waals surface area contributed by atoms with E-state index in [4.69, 9.17) is 5.26 Å². The van der Waals surface area contributed by atoms with Crippen molar-refractivity contribution in [3.63, 3.8) is 0 Å². The predicted octanol–water partition coefficient (Wildman–Crippen LogP) is 2.40. The van der Waals surface area contributed by atoms with Crippen molar-refractivity contribution in [2.45, 2.75) is 13.3 Å². The lowest BCUT2D eigenvalue weighted by molar-refractivity contribution is 0.958. The standard InChI is InChI=1S/C12H12BrN5/c1-8-9(6-14)2-3-11(18-8)15-5-4-10-12(13)17-7-16-10/h2-3,7H,4-5H2,1H3,(H,15,18)(H,16,17). The number of aromatic amines is 1. The quantitative estimate of drug-likeness (QED) is 0.909. The van der Waals surface area contributed by atoms with Crippen molar-refractivity contribution in [2.75, 3.05) is 11.9 Å². The molecule has 92 valence electrons. The minimum Gasteiger partial charge on any atom is -0.370 e. The number of aromatic nitrogens is 3. The molecule has 2 N–H and O–H groups in total. The molecule has 6 heteroatoms. The van der Waals surface area contributed by atoms with Gasteiger partial charge in [-0.1, -0.05) is 0 Å². The maximum Gasteiger partial charge on any atom is 0.127 e. The minimum absolute atomic E-state index is 0.608. The molecule has 0 bridgehead atoms. The average molecular weight is 306 g/mol. The number of nitriles is 1. The zero-order valence-electron chi connectivity index (χ0n) is 9.87. The highest BCUT2D eigenvalue weighted by Gasteiger charge is 2.03. The van der Waals surface area contributed by atoms with Gasteiger partial charge in [0.05, 0.1) is 23.3 Å². The van der Waals surface area contributed by atoms with E-state index in [0.29, 0.717) is 5.56 Å². The molecule has 2 heterocycles. The second kappa shape index (κ2) is 5.65. The van der Waals surface area contributed by atoms with Crippen LogP contribution in [0.4, 0.5) is 5.82 Å². The number of hydrogen-bond acceptors (Lipinski definition) is 4. The molecule has 0 saturated heterocycles. The first-order chi connectivity index (χ1) is 8.70. The molecule has 0 spiro atoms. The van der Waals surface area contributed by atoms with E-state index >= 15 is 0 Å². The van der Waals surface area contributed by atoms with Gasteiger partial charge < -0.3 is 10.3 Å². The molecule has 0 aliphatic heterocycles. The number of hydrogen-bond donors (Lipinski definition) is 2. The summed E-state index contributed by atoms with van der Waals surface area (Å²) in [4.78, 5) is 11.4. The van der Waals surface area contributed by atoms with E-state index in [1.54, 1.807) is 12.4 Å². The number of nitrogens with zero attached hydrogens (tertiary/aromatic N) is 3. The molecular formula is C12H12BrN5. The minimum atomic E-state index is 0.608. The number of halogens is 1. The number of pyridine rings is 1. The maximum atomic E-state index is 8.81. The van der Waals surface area contributed by atoms with E-state index in [1.807, 2.05) is 13.0 Å². The number of anilines is 1. The summed E-state index contributed by atoms with van der Waals surface area (Å²) in [7, 11) is 0. The first kappa shape index (κ1) is 12.6. The zero-order chi connectivity index (χ0) is 13.0. The highest BCUT2D eigenvalue weighted by atomic mass is 79.9. The Morgan fingerprint density at radius 3 is 2.94 bits per heavy atom. The van der Waals surface area contributed by atoms with Gasteiger partial charge in [0, 0.05) is 13.0 Å². The Kier molecular flexibility index (Phi) is 3.95. The van der Waals surface area contributed by atoms with E-state index in [9.17, 15) is 0 Å². The Morgan fingerprint density at radius 2 is 2.33 bits per heavy atom. The van der Waals surface area contributed by atoms with Crippen LogP contribution in [-0.2, 0) is 6.42 Å². The SMILES string of the molecule is Cc1nc(NCCc2[nH]cnc2Br)ccc1C#N. The van der Waals surface area contributed by atoms with Gasteiger partial charge in [-0.05, 0) is 35.0 Å². The molecule has 0 amide bonds. The topological polar surface area (TPSA) is 77.4 Å². The van der Waals surface area contributed by atoms with Gasteiger partial charge in [0.15, 0.2) is 0 Å². The fraction of sp³-hybridized carbons (Fsp3) is 0.250. The fourth-order valence-corrected chi connectivity index (χ4v) is 1.99. The molecule has 0 saturated carbocycles. The van der Waals surface area contributed by atoms with Crippen molar-refractivity contribution in [3.8, 4) is 6.07 Å². The van der Waals surface area contributed by atoms with Crippen molar-refractivity contribution >= 4 is 21.7 Å². The molecule has 0 aromatic carbocycles. The van der Waals surface area contributed by atoms with Gasteiger partial charge in [-0.15, -0.1) is 0 Å². The van der Waals surface area contributed by atoms with Gasteiger partial charge in [0.25, 0.3) is 0 Å². The molecule has 18 heavy (non-hydrogen) atoms. The molecule has 0 aliphatic carbocycles. The third-order valence-electron chi connectivity index (χ3n) is 2.55. The van der Waals surface area contributed by atoms with E-state index in [0.717, 1.165) is 34.8 Å². The lowest BCUT2D eigenvalue weighted by atomic mass is 10.2. The van der Waals surface area contributed by atoms with Gasteiger partial charge in [0.2, 0.25) is 0 Å². The number of imidazole rings is 1. The molecule has 0 fully saturated rings. The summed E-state index contributed by atoms with van der Waals surface area (Å²) < 4.78 is 0.841. The van der Waals surface area contributed by atoms with Crippen LogP contribution < -0.4 is 5.32 Å². The predicted molar refractivity (Wildman–Crippen MR) is 72.2 cm³/mol. The monoisotopic (exact) mass is 305 g/mol. The largest absolute Gasteiger partial charge is 0.370 e. The first-order valence-electron chi connectivity index (χ1n) is 5.50. The molecule has 5 nitrogen and oxygen atoms in total. The van der Waals surface area contributed by atoms with E-state index in [1.165, 1.54) is 0 Å². The summed E-state index contributed by atoms with van der Waals surface area (Å²) in [5, 5.41) is 12.0. The third kappa shape index (κ3) is 2.87. The summed E-state index contributed by atoms with van der Waals surface area (Å²) in [6.07, 6.45) is 2.48. The number of aryl methyl sites for hydroxylation is 1. The third-order valence-corrected chi connectivity index (χ3v) is 3.24. The van der Waals surface area contributed by atoms with Gasteiger partial charge in [-0.3, -0.25) is 0 Å². The van der Waals surface area contributed by atoms with Crippen LogP contribution >= 0.6 is 15.9 Å². The number of rotatable bonds is 4. The Labute approximate surface area is 113 Å². The zero-order valence-corrected chi connectivity index (χ0v) is 11.5. The second-order valence-electron chi connectivity index (χ2n) is 3.79. The summed E-state index contributed by atoms with van der Waals surface area (Å²) in [5.41, 5.74) is 2.40. The van der Waals surface area contributed by atoms with Crippen LogP contribution in [0.3, 0.4) is 0 Å². The van der Waals surface area contributed by atoms with Crippen molar-refractivity contribution < 1.29 is 0 Å². The lowest BCUT2D eigenvalue weighted by Crippen LogP contribution is -2.07. The van der Waals surface area contributed by atoms with Crippen molar-refractivity contribution in [2.24, 2.45) is 0 Å².